The van der Waals surface area contributed by atoms with Gasteiger partial charge in [-0.05, 0) is 24.5 Å². The number of nitrogens with one attached hydrogen (secondary N) is 1. The molecular weight excluding hydrogens is 296 g/mol. The highest BCUT2D eigenvalue weighted by Crippen LogP contribution is 2.33. The maximum Gasteiger partial charge on any atom is 0.246 e. The van der Waals surface area contributed by atoms with Crippen LogP contribution in [0.4, 0.5) is 0 Å². The number of nitrogens with zero attached hydrogens (tertiary/aromatic N) is 1. The van der Waals surface area contributed by atoms with Gasteiger partial charge in [0, 0.05) is 4.88 Å². The fraction of sp³-hybridized carbons (Fsp3) is 0.571. The summed E-state index contributed by atoms with van der Waals surface area (Å²) >= 11 is 7.39. The molecule has 1 saturated heterocycles. The van der Waals surface area contributed by atoms with Gasteiger partial charge in [0.2, 0.25) is 11.8 Å². The molecule has 0 spiro atoms. The number of amides is 2. The van der Waals surface area contributed by atoms with E-state index >= 15 is 0 Å². The van der Waals surface area contributed by atoms with E-state index in [9.17, 15) is 9.59 Å². The van der Waals surface area contributed by atoms with E-state index in [0.717, 1.165) is 4.88 Å². The molecule has 0 radical (unpaired) electrons. The maximum atomic E-state index is 12.6. The highest BCUT2D eigenvalue weighted by molar-refractivity contribution is 7.16. The first kappa shape index (κ1) is 15.3. The smallest absolute Gasteiger partial charge is 0.246 e. The second kappa shape index (κ2) is 5.37. The van der Waals surface area contributed by atoms with Crippen LogP contribution >= 0.6 is 22.9 Å². The van der Waals surface area contributed by atoms with Crippen LogP contribution in [0, 0.1) is 5.41 Å². The SMILES string of the molecule is CC(c1ccc(Cl)s1)N1CC(=O)NC(C(C)(C)C)C1=O. The van der Waals surface area contributed by atoms with E-state index < -0.39 is 6.04 Å². The van der Waals surface area contributed by atoms with Crippen LogP contribution in [0.1, 0.15) is 38.6 Å². The fourth-order valence-electron chi connectivity index (χ4n) is 2.29. The van der Waals surface area contributed by atoms with Gasteiger partial charge in [-0.3, -0.25) is 9.59 Å². The van der Waals surface area contributed by atoms with Crippen molar-refractivity contribution in [3.05, 3.63) is 21.3 Å². The minimum absolute atomic E-state index is 0.0332. The molecule has 20 heavy (non-hydrogen) atoms. The molecule has 0 saturated carbocycles. The summed E-state index contributed by atoms with van der Waals surface area (Å²) in [4.78, 5) is 27.1. The Kier molecular flexibility index (Phi) is 4.12. The van der Waals surface area contributed by atoms with Crippen molar-refractivity contribution in [3.63, 3.8) is 0 Å². The van der Waals surface area contributed by atoms with Crippen LogP contribution in [0.5, 0.6) is 0 Å². The third-order valence-electron chi connectivity index (χ3n) is 3.49. The predicted molar refractivity (Wildman–Crippen MR) is 80.8 cm³/mol. The molecule has 2 heterocycles. The van der Waals surface area contributed by atoms with Crippen LogP contribution in [0.25, 0.3) is 0 Å². The topological polar surface area (TPSA) is 49.4 Å². The minimum Gasteiger partial charge on any atom is -0.342 e. The summed E-state index contributed by atoms with van der Waals surface area (Å²) in [6.07, 6.45) is 0. The van der Waals surface area contributed by atoms with Gasteiger partial charge in [-0.15, -0.1) is 11.3 Å². The van der Waals surface area contributed by atoms with E-state index in [0.29, 0.717) is 4.34 Å². The van der Waals surface area contributed by atoms with E-state index in [-0.39, 0.29) is 29.8 Å². The molecule has 6 heteroatoms. The Hall–Kier alpha value is -1.07. The van der Waals surface area contributed by atoms with Gasteiger partial charge in [0.25, 0.3) is 0 Å². The molecule has 1 aromatic rings. The van der Waals surface area contributed by atoms with Crippen molar-refractivity contribution in [1.82, 2.24) is 10.2 Å². The van der Waals surface area contributed by atoms with Gasteiger partial charge in [-0.2, -0.15) is 0 Å². The zero-order chi connectivity index (χ0) is 15.1. The molecule has 2 rings (SSSR count). The number of hydrogen-bond acceptors (Lipinski definition) is 3. The van der Waals surface area contributed by atoms with E-state index in [1.54, 1.807) is 4.90 Å². The minimum atomic E-state index is -0.485. The summed E-state index contributed by atoms with van der Waals surface area (Å²) in [7, 11) is 0. The van der Waals surface area contributed by atoms with Gasteiger partial charge in [0.05, 0.1) is 10.4 Å². The maximum absolute atomic E-state index is 12.6. The molecule has 110 valence electrons. The van der Waals surface area contributed by atoms with Crippen molar-refractivity contribution in [2.45, 2.75) is 39.8 Å². The monoisotopic (exact) mass is 314 g/mol. The number of carbonyl (C=O) groups is 2. The van der Waals surface area contributed by atoms with Crippen molar-refractivity contribution in [2.75, 3.05) is 6.54 Å². The summed E-state index contributed by atoms with van der Waals surface area (Å²) in [6.45, 7) is 7.88. The second-order valence-electron chi connectivity index (χ2n) is 6.15. The van der Waals surface area contributed by atoms with E-state index in [4.69, 9.17) is 11.6 Å². The molecule has 4 nitrogen and oxygen atoms in total. The Labute approximate surface area is 128 Å². The number of halogens is 1. The van der Waals surface area contributed by atoms with E-state index in [1.807, 2.05) is 39.8 Å². The summed E-state index contributed by atoms with van der Waals surface area (Å²) in [5.41, 5.74) is -0.307. The van der Waals surface area contributed by atoms with E-state index in [2.05, 4.69) is 5.32 Å². The van der Waals surface area contributed by atoms with E-state index in [1.165, 1.54) is 11.3 Å². The zero-order valence-corrected chi connectivity index (χ0v) is 13.6. The molecule has 0 bridgehead atoms. The first-order valence-corrected chi connectivity index (χ1v) is 7.74. The van der Waals surface area contributed by atoms with Gasteiger partial charge < -0.3 is 10.2 Å². The molecule has 1 aromatic heterocycles. The number of hydrogen-bond donors (Lipinski definition) is 1. The lowest BCUT2D eigenvalue weighted by atomic mass is 9.84. The zero-order valence-electron chi connectivity index (χ0n) is 12.1. The van der Waals surface area contributed by atoms with Crippen LogP contribution < -0.4 is 5.32 Å². The van der Waals surface area contributed by atoms with Gasteiger partial charge in [0.15, 0.2) is 0 Å². The van der Waals surface area contributed by atoms with Crippen molar-refractivity contribution >= 4 is 34.8 Å². The largest absolute Gasteiger partial charge is 0.342 e. The lowest BCUT2D eigenvalue weighted by Gasteiger charge is -2.41. The Morgan fingerprint density at radius 1 is 1.40 bits per heavy atom. The predicted octanol–water partition coefficient (Wildman–Crippen LogP) is 2.84. The normalized spacial score (nSPS) is 21.9. The van der Waals surface area contributed by atoms with Crippen LogP contribution in [-0.2, 0) is 9.59 Å². The molecule has 0 aromatic carbocycles. The average Bonchev–Trinajstić information content (AvgIpc) is 2.76. The van der Waals surface area contributed by atoms with Crippen molar-refractivity contribution in [1.29, 1.82) is 0 Å². The van der Waals surface area contributed by atoms with Crippen molar-refractivity contribution in [3.8, 4) is 0 Å². The molecule has 1 aliphatic heterocycles. The Morgan fingerprint density at radius 3 is 2.55 bits per heavy atom. The summed E-state index contributed by atoms with van der Waals surface area (Å²) in [6, 6.07) is 3.09. The van der Waals surface area contributed by atoms with Crippen molar-refractivity contribution in [2.24, 2.45) is 5.41 Å². The number of piperazine rings is 1. The Bertz CT molecular complexity index is 536. The number of thiophene rings is 1. The molecule has 1 N–H and O–H groups in total. The molecule has 0 aliphatic carbocycles. The lowest BCUT2D eigenvalue weighted by molar-refractivity contribution is -0.149. The van der Waals surface area contributed by atoms with Crippen LogP contribution in [0.3, 0.4) is 0 Å². The number of carbonyl (C=O) groups excluding carboxylic acids is 2. The number of rotatable bonds is 2. The van der Waals surface area contributed by atoms with Crippen LogP contribution in [-0.4, -0.2) is 29.3 Å². The molecule has 2 amide bonds. The summed E-state index contributed by atoms with van der Waals surface area (Å²) in [5, 5.41) is 2.79. The molecule has 1 aliphatic rings. The first-order valence-electron chi connectivity index (χ1n) is 6.55. The summed E-state index contributed by atoms with van der Waals surface area (Å²) in [5.74, 6) is -0.145. The highest BCUT2D eigenvalue weighted by atomic mass is 35.5. The first-order chi connectivity index (χ1) is 9.20. The van der Waals surface area contributed by atoms with Crippen LogP contribution in [0.2, 0.25) is 4.34 Å². The van der Waals surface area contributed by atoms with Gasteiger partial charge >= 0.3 is 0 Å². The Balaban J connectivity index is 2.26. The van der Waals surface area contributed by atoms with Crippen LogP contribution in [0.15, 0.2) is 12.1 Å². The third kappa shape index (κ3) is 2.99. The quantitative estimate of drug-likeness (QED) is 0.912. The fourth-order valence-corrected chi connectivity index (χ4v) is 3.41. The standard InChI is InChI=1S/C14H19ClN2O2S/c1-8(9-5-6-10(15)20-9)17-7-11(18)16-12(13(17)19)14(2,3)4/h5-6,8,12H,7H2,1-4H3,(H,16,18). The Morgan fingerprint density at radius 2 is 2.05 bits per heavy atom. The second-order valence-corrected chi connectivity index (χ2v) is 7.90. The lowest BCUT2D eigenvalue weighted by Crippen LogP contribution is -2.62. The molecule has 2 atom stereocenters. The third-order valence-corrected chi connectivity index (χ3v) is 4.89. The van der Waals surface area contributed by atoms with Gasteiger partial charge in [-0.25, -0.2) is 0 Å². The van der Waals surface area contributed by atoms with Gasteiger partial charge in [0.1, 0.15) is 12.6 Å². The van der Waals surface area contributed by atoms with Gasteiger partial charge in [-0.1, -0.05) is 32.4 Å². The summed E-state index contributed by atoms with van der Waals surface area (Å²) < 4.78 is 0.688. The van der Waals surface area contributed by atoms with Crippen molar-refractivity contribution < 1.29 is 9.59 Å². The molecule has 1 fully saturated rings. The average molecular weight is 315 g/mol. The highest BCUT2D eigenvalue weighted by Gasteiger charge is 2.41. The molecule has 2 unspecified atom stereocenters. The molecular formula is C14H19ClN2O2S.